The van der Waals surface area contributed by atoms with Gasteiger partial charge in [-0.25, -0.2) is 4.39 Å². The third-order valence-electron chi connectivity index (χ3n) is 6.14. The first-order chi connectivity index (χ1) is 16.4. The molecule has 0 spiro atoms. The number of nitrogens with one attached hydrogen (secondary N) is 1. The van der Waals surface area contributed by atoms with E-state index in [-0.39, 0.29) is 30.1 Å². The first-order valence-electron chi connectivity index (χ1n) is 11.8. The molecule has 3 aromatic rings. The van der Waals surface area contributed by atoms with Gasteiger partial charge in [-0.1, -0.05) is 73.7 Å². The normalized spacial score (nSPS) is 12.6. The van der Waals surface area contributed by atoms with Gasteiger partial charge in [-0.05, 0) is 54.7 Å². The molecule has 3 aromatic carbocycles. The minimum Gasteiger partial charge on any atom is -0.352 e. The SMILES string of the molecule is CC[C@@H](C)NC(=O)[C@@H](Cc1ccccc1)N(Cc1ccccc1C)C(=O)Cc1ccc(F)cc1. The van der Waals surface area contributed by atoms with Crippen molar-refractivity contribution in [2.75, 3.05) is 0 Å². The van der Waals surface area contributed by atoms with E-state index >= 15 is 0 Å². The van der Waals surface area contributed by atoms with Crippen molar-refractivity contribution >= 4 is 11.8 Å². The van der Waals surface area contributed by atoms with E-state index < -0.39 is 6.04 Å². The van der Waals surface area contributed by atoms with Crippen LogP contribution in [0.25, 0.3) is 0 Å². The van der Waals surface area contributed by atoms with Gasteiger partial charge in [0.2, 0.25) is 11.8 Å². The standard InChI is InChI=1S/C29H33FN2O2/c1-4-22(3)31-29(34)27(18-23-11-6-5-7-12-23)32(20-25-13-9-8-10-21(25)2)28(33)19-24-14-16-26(30)17-15-24/h5-17,22,27H,4,18-20H2,1-3H3,(H,31,34)/t22-,27-/m1/s1. The molecule has 34 heavy (non-hydrogen) atoms. The Labute approximate surface area is 201 Å². The van der Waals surface area contributed by atoms with E-state index in [0.29, 0.717) is 18.5 Å². The highest BCUT2D eigenvalue weighted by atomic mass is 19.1. The van der Waals surface area contributed by atoms with Crippen LogP contribution in [0.4, 0.5) is 4.39 Å². The molecule has 0 heterocycles. The fraction of sp³-hybridized carbons (Fsp3) is 0.310. The number of hydrogen-bond donors (Lipinski definition) is 1. The van der Waals surface area contributed by atoms with E-state index in [1.54, 1.807) is 17.0 Å². The molecule has 0 fully saturated rings. The number of nitrogens with zero attached hydrogens (tertiary/aromatic N) is 1. The molecule has 0 saturated carbocycles. The van der Waals surface area contributed by atoms with Crippen LogP contribution in [0.1, 0.15) is 42.5 Å². The molecule has 0 unspecified atom stereocenters. The van der Waals surface area contributed by atoms with Crippen LogP contribution < -0.4 is 5.32 Å². The van der Waals surface area contributed by atoms with E-state index in [0.717, 1.165) is 23.1 Å². The first kappa shape index (κ1) is 25.2. The predicted molar refractivity (Wildman–Crippen MR) is 134 cm³/mol. The van der Waals surface area contributed by atoms with Gasteiger partial charge in [-0.3, -0.25) is 9.59 Å². The van der Waals surface area contributed by atoms with Gasteiger partial charge in [0.15, 0.2) is 0 Å². The Kier molecular flexibility index (Phi) is 8.97. The second-order valence-corrected chi connectivity index (χ2v) is 8.77. The summed E-state index contributed by atoms with van der Waals surface area (Å²) in [5.41, 5.74) is 3.74. The second kappa shape index (κ2) is 12.1. The van der Waals surface area contributed by atoms with Crippen LogP contribution in [-0.2, 0) is 29.0 Å². The van der Waals surface area contributed by atoms with Crippen molar-refractivity contribution in [1.29, 1.82) is 0 Å². The average molecular weight is 461 g/mol. The Morgan fingerprint density at radius 3 is 2.21 bits per heavy atom. The summed E-state index contributed by atoms with van der Waals surface area (Å²) < 4.78 is 13.4. The number of aryl methyl sites for hydroxylation is 1. The molecule has 0 aliphatic rings. The van der Waals surface area contributed by atoms with Crippen molar-refractivity contribution < 1.29 is 14.0 Å². The maximum atomic E-state index is 13.7. The molecule has 0 aliphatic carbocycles. The molecule has 2 atom stereocenters. The van der Waals surface area contributed by atoms with Crippen molar-refractivity contribution in [1.82, 2.24) is 10.2 Å². The van der Waals surface area contributed by atoms with Gasteiger partial charge in [0.25, 0.3) is 0 Å². The predicted octanol–water partition coefficient (Wildman–Crippen LogP) is 5.23. The molecular formula is C29H33FN2O2. The lowest BCUT2D eigenvalue weighted by Crippen LogP contribution is -2.52. The third kappa shape index (κ3) is 7.01. The van der Waals surface area contributed by atoms with Gasteiger partial charge in [0.1, 0.15) is 11.9 Å². The van der Waals surface area contributed by atoms with Crippen molar-refractivity contribution in [3.63, 3.8) is 0 Å². The van der Waals surface area contributed by atoms with Gasteiger partial charge >= 0.3 is 0 Å². The van der Waals surface area contributed by atoms with Crippen molar-refractivity contribution in [2.45, 2.75) is 58.7 Å². The lowest BCUT2D eigenvalue weighted by atomic mass is 10.00. The van der Waals surface area contributed by atoms with E-state index in [2.05, 4.69) is 5.32 Å². The molecule has 0 aromatic heterocycles. The summed E-state index contributed by atoms with van der Waals surface area (Å²) in [7, 11) is 0. The lowest BCUT2D eigenvalue weighted by molar-refractivity contribution is -0.141. The number of rotatable bonds is 10. The van der Waals surface area contributed by atoms with Crippen LogP contribution in [0.2, 0.25) is 0 Å². The van der Waals surface area contributed by atoms with Gasteiger partial charge in [0, 0.05) is 19.0 Å². The van der Waals surface area contributed by atoms with Crippen LogP contribution in [0, 0.1) is 12.7 Å². The lowest BCUT2D eigenvalue weighted by Gasteiger charge is -2.33. The fourth-order valence-corrected chi connectivity index (χ4v) is 3.84. The number of amides is 2. The van der Waals surface area contributed by atoms with Gasteiger partial charge < -0.3 is 10.2 Å². The third-order valence-corrected chi connectivity index (χ3v) is 6.14. The quantitative estimate of drug-likeness (QED) is 0.450. The minimum atomic E-state index is -0.677. The van der Waals surface area contributed by atoms with Crippen LogP contribution in [0.15, 0.2) is 78.9 Å². The Morgan fingerprint density at radius 2 is 1.56 bits per heavy atom. The summed E-state index contributed by atoms with van der Waals surface area (Å²) in [6.07, 6.45) is 1.29. The Balaban J connectivity index is 1.97. The van der Waals surface area contributed by atoms with Crippen LogP contribution in [-0.4, -0.2) is 28.8 Å². The zero-order chi connectivity index (χ0) is 24.5. The minimum absolute atomic E-state index is 0.00159. The monoisotopic (exact) mass is 460 g/mol. The molecule has 0 saturated heterocycles. The summed E-state index contributed by atoms with van der Waals surface area (Å²) >= 11 is 0. The highest BCUT2D eigenvalue weighted by Crippen LogP contribution is 2.19. The number of halogens is 1. The summed E-state index contributed by atoms with van der Waals surface area (Å²) in [4.78, 5) is 28.8. The molecule has 0 radical (unpaired) electrons. The van der Waals surface area contributed by atoms with Crippen molar-refractivity contribution in [3.05, 3.63) is 107 Å². The maximum Gasteiger partial charge on any atom is 0.243 e. The van der Waals surface area contributed by atoms with Gasteiger partial charge in [-0.15, -0.1) is 0 Å². The summed E-state index contributed by atoms with van der Waals surface area (Å²) in [5.74, 6) is -0.683. The van der Waals surface area contributed by atoms with E-state index in [4.69, 9.17) is 0 Å². The van der Waals surface area contributed by atoms with Crippen molar-refractivity contribution in [3.8, 4) is 0 Å². The Morgan fingerprint density at radius 1 is 0.912 bits per heavy atom. The van der Waals surface area contributed by atoms with E-state index in [9.17, 15) is 14.0 Å². The van der Waals surface area contributed by atoms with Crippen LogP contribution in [0.5, 0.6) is 0 Å². The molecule has 3 rings (SSSR count). The number of benzene rings is 3. The first-order valence-corrected chi connectivity index (χ1v) is 11.8. The van der Waals surface area contributed by atoms with Crippen LogP contribution >= 0.6 is 0 Å². The average Bonchev–Trinajstić information content (AvgIpc) is 2.84. The number of carbonyl (C=O) groups excluding carboxylic acids is 2. The maximum absolute atomic E-state index is 13.7. The summed E-state index contributed by atoms with van der Waals surface area (Å²) in [6, 6.07) is 22.9. The molecule has 0 bridgehead atoms. The molecule has 2 amide bonds. The zero-order valence-electron chi connectivity index (χ0n) is 20.1. The molecule has 1 N–H and O–H groups in total. The molecule has 178 valence electrons. The topological polar surface area (TPSA) is 49.4 Å². The fourth-order valence-electron chi connectivity index (χ4n) is 3.84. The van der Waals surface area contributed by atoms with Crippen LogP contribution in [0.3, 0.4) is 0 Å². The van der Waals surface area contributed by atoms with Gasteiger partial charge in [0.05, 0.1) is 6.42 Å². The van der Waals surface area contributed by atoms with E-state index in [1.165, 1.54) is 12.1 Å². The smallest absolute Gasteiger partial charge is 0.243 e. The highest BCUT2D eigenvalue weighted by molar-refractivity contribution is 5.89. The molecule has 4 nitrogen and oxygen atoms in total. The zero-order valence-corrected chi connectivity index (χ0v) is 20.1. The van der Waals surface area contributed by atoms with Gasteiger partial charge in [-0.2, -0.15) is 0 Å². The Bertz CT molecular complexity index is 1080. The second-order valence-electron chi connectivity index (χ2n) is 8.77. The number of hydrogen-bond acceptors (Lipinski definition) is 2. The molecule has 5 heteroatoms. The molecule has 0 aliphatic heterocycles. The highest BCUT2D eigenvalue weighted by Gasteiger charge is 2.31. The van der Waals surface area contributed by atoms with E-state index in [1.807, 2.05) is 75.4 Å². The molecular weight excluding hydrogens is 427 g/mol. The summed E-state index contributed by atoms with van der Waals surface area (Å²) in [6.45, 7) is 6.30. The van der Waals surface area contributed by atoms with Crippen molar-refractivity contribution in [2.24, 2.45) is 0 Å². The summed E-state index contributed by atoms with van der Waals surface area (Å²) in [5, 5.41) is 3.07. The Hall–Kier alpha value is -3.47. The number of carbonyl (C=O) groups is 2. The largest absolute Gasteiger partial charge is 0.352 e.